The van der Waals surface area contributed by atoms with Crippen LogP contribution in [0, 0.1) is 13.8 Å². The normalized spacial score (nSPS) is 11.5. The van der Waals surface area contributed by atoms with Crippen molar-refractivity contribution in [1.82, 2.24) is 9.97 Å². The molecule has 2 aromatic rings. The average molecular weight is 379 g/mol. The lowest BCUT2D eigenvalue weighted by molar-refractivity contribution is 0.0387. The van der Waals surface area contributed by atoms with Crippen LogP contribution < -0.4 is 5.32 Å². The zero-order valence-electron chi connectivity index (χ0n) is 16.0. The molecule has 0 spiro atoms. The number of thiazole rings is 1. The summed E-state index contributed by atoms with van der Waals surface area (Å²) in [6, 6.07) is 0. The highest BCUT2D eigenvalue weighted by atomic mass is 32.1. The number of esters is 1. The highest BCUT2D eigenvalue weighted by molar-refractivity contribution is 7.14. The third-order valence-electron chi connectivity index (χ3n) is 3.88. The van der Waals surface area contributed by atoms with Crippen LogP contribution in [-0.4, -0.2) is 42.2 Å². The molecule has 2 N–H and O–H groups in total. The number of carbonyl (C=O) groups excluding carboxylic acids is 2. The van der Waals surface area contributed by atoms with E-state index < -0.39 is 5.97 Å². The van der Waals surface area contributed by atoms with Crippen LogP contribution in [0.15, 0.2) is 5.38 Å². The van der Waals surface area contributed by atoms with Crippen LogP contribution in [0.3, 0.4) is 0 Å². The summed E-state index contributed by atoms with van der Waals surface area (Å²) in [6.07, 6.45) is 0. The minimum atomic E-state index is -0.475. The van der Waals surface area contributed by atoms with Gasteiger partial charge in [0.2, 0.25) is 0 Å². The summed E-state index contributed by atoms with van der Waals surface area (Å²) in [5, 5.41) is 5.24. The SMILES string of the molecule is COCCOC(=O)c1c(C)[nH]c(C(=O)Nc2nc(C(C)(C)C)cs2)c1C. The number of aromatic nitrogens is 2. The van der Waals surface area contributed by atoms with Crippen LogP contribution in [0.25, 0.3) is 0 Å². The molecule has 0 fully saturated rings. The molecule has 0 aromatic carbocycles. The predicted molar refractivity (Wildman–Crippen MR) is 101 cm³/mol. The van der Waals surface area contributed by atoms with Crippen LogP contribution >= 0.6 is 11.3 Å². The fraction of sp³-hybridized carbons (Fsp3) is 0.500. The van der Waals surface area contributed by atoms with Gasteiger partial charge in [-0.2, -0.15) is 0 Å². The van der Waals surface area contributed by atoms with Crippen molar-refractivity contribution in [1.29, 1.82) is 0 Å². The van der Waals surface area contributed by atoms with Gasteiger partial charge in [-0.3, -0.25) is 10.1 Å². The Kier molecular flexibility index (Phi) is 6.20. The summed E-state index contributed by atoms with van der Waals surface area (Å²) in [6.45, 7) is 10.1. The molecular weight excluding hydrogens is 354 g/mol. The van der Waals surface area contributed by atoms with Crippen molar-refractivity contribution < 1.29 is 19.1 Å². The number of aromatic amines is 1. The molecule has 0 unspecified atom stereocenters. The van der Waals surface area contributed by atoms with Gasteiger partial charge >= 0.3 is 5.97 Å². The Morgan fingerprint density at radius 2 is 1.96 bits per heavy atom. The van der Waals surface area contributed by atoms with Gasteiger partial charge in [0.15, 0.2) is 5.13 Å². The highest BCUT2D eigenvalue weighted by Gasteiger charge is 2.24. The van der Waals surface area contributed by atoms with Gasteiger partial charge in [-0.1, -0.05) is 20.8 Å². The highest BCUT2D eigenvalue weighted by Crippen LogP contribution is 2.27. The molecule has 0 bridgehead atoms. The van der Waals surface area contributed by atoms with E-state index in [-0.39, 0.29) is 17.9 Å². The molecule has 0 atom stereocenters. The lowest BCUT2D eigenvalue weighted by Crippen LogP contribution is -2.16. The fourth-order valence-corrected chi connectivity index (χ4v) is 3.34. The maximum Gasteiger partial charge on any atom is 0.340 e. The van der Waals surface area contributed by atoms with Crippen molar-refractivity contribution in [3.05, 3.63) is 33.6 Å². The number of ether oxygens (including phenoxy) is 2. The second-order valence-corrected chi connectivity index (χ2v) is 7.85. The molecule has 0 radical (unpaired) electrons. The van der Waals surface area contributed by atoms with Crippen LogP contribution in [0.2, 0.25) is 0 Å². The number of hydrogen-bond acceptors (Lipinski definition) is 6. The van der Waals surface area contributed by atoms with E-state index in [2.05, 4.69) is 36.1 Å². The molecule has 1 amide bonds. The summed E-state index contributed by atoms with van der Waals surface area (Å²) < 4.78 is 10.0. The molecule has 2 aromatic heterocycles. The van der Waals surface area contributed by atoms with Gasteiger partial charge < -0.3 is 14.5 Å². The fourth-order valence-electron chi connectivity index (χ4n) is 2.41. The van der Waals surface area contributed by atoms with E-state index in [1.54, 1.807) is 13.8 Å². The number of amides is 1. The lowest BCUT2D eigenvalue weighted by Gasteiger charge is -2.14. The Labute approximate surface area is 157 Å². The third kappa shape index (κ3) is 4.50. The minimum Gasteiger partial charge on any atom is -0.460 e. The summed E-state index contributed by atoms with van der Waals surface area (Å²) in [4.78, 5) is 32.3. The van der Waals surface area contributed by atoms with E-state index in [1.165, 1.54) is 18.4 Å². The molecule has 7 nitrogen and oxygen atoms in total. The van der Waals surface area contributed by atoms with Crippen molar-refractivity contribution in [2.24, 2.45) is 0 Å². The molecule has 0 aliphatic rings. The first-order valence-electron chi connectivity index (χ1n) is 8.27. The third-order valence-corrected chi connectivity index (χ3v) is 4.64. The zero-order valence-corrected chi connectivity index (χ0v) is 16.8. The summed E-state index contributed by atoms with van der Waals surface area (Å²) in [5.41, 5.74) is 2.67. The standard InChI is InChI=1S/C18H25N3O4S/c1-10-13(16(23)25-8-7-24-6)11(2)19-14(10)15(22)21-17-20-12(9-26-17)18(3,4)5/h9,19H,7-8H2,1-6H3,(H,20,21,22). The quantitative estimate of drug-likeness (QED) is 0.592. The van der Waals surface area contributed by atoms with Crippen molar-refractivity contribution in [3.63, 3.8) is 0 Å². The number of nitrogens with zero attached hydrogens (tertiary/aromatic N) is 1. The topological polar surface area (TPSA) is 93.3 Å². The van der Waals surface area contributed by atoms with E-state index in [0.717, 1.165) is 5.69 Å². The molecule has 2 heterocycles. The molecule has 2 rings (SSSR count). The summed E-state index contributed by atoms with van der Waals surface area (Å²) in [5.74, 6) is -0.812. The van der Waals surface area contributed by atoms with Gasteiger partial charge in [0.05, 0.1) is 17.9 Å². The molecule has 0 saturated heterocycles. The van der Waals surface area contributed by atoms with Gasteiger partial charge in [-0.25, -0.2) is 9.78 Å². The van der Waals surface area contributed by atoms with Crippen molar-refractivity contribution >= 4 is 28.3 Å². The van der Waals surface area contributed by atoms with Gasteiger partial charge in [0.25, 0.3) is 5.91 Å². The van der Waals surface area contributed by atoms with Crippen LogP contribution in [0.4, 0.5) is 5.13 Å². The number of methoxy groups -OCH3 is 1. The number of aryl methyl sites for hydroxylation is 1. The van der Waals surface area contributed by atoms with Crippen molar-refractivity contribution in [3.8, 4) is 0 Å². The van der Waals surface area contributed by atoms with Crippen LogP contribution in [0.5, 0.6) is 0 Å². The van der Waals surface area contributed by atoms with Crippen LogP contribution in [-0.2, 0) is 14.9 Å². The Morgan fingerprint density at radius 3 is 2.54 bits per heavy atom. The first kappa shape index (κ1) is 20.1. The average Bonchev–Trinajstić information content (AvgIpc) is 3.12. The monoisotopic (exact) mass is 379 g/mol. The summed E-state index contributed by atoms with van der Waals surface area (Å²) >= 11 is 1.37. The number of carbonyl (C=O) groups is 2. The van der Waals surface area contributed by atoms with Crippen molar-refractivity contribution in [2.45, 2.75) is 40.0 Å². The number of nitrogens with one attached hydrogen (secondary N) is 2. The first-order valence-corrected chi connectivity index (χ1v) is 9.15. The van der Waals surface area contributed by atoms with Gasteiger partial charge in [0.1, 0.15) is 12.3 Å². The zero-order chi connectivity index (χ0) is 19.5. The lowest BCUT2D eigenvalue weighted by atomic mass is 9.93. The van der Waals surface area contributed by atoms with Crippen molar-refractivity contribution in [2.75, 3.05) is 25.6 Å². The Morgan fingerprint density at radius 1 is 1.27 bits per heavy atom. The Hall–Kier alpha value is -2.19. The van der Waals surface area contributed by atoms with E-state index in [4.69, 9.17) is 9.47 Å². The van der Waals surface area contributed by atoms with Crippen LogP contribution in [0.1, 0.15) is 58.6 Å². The molecule has 142 valence electrons. The minimum absolute atomic E-state index is 0.0858. The van der Waals surface area contributed by atoms with E-state index >= 15 is 0 Å². The predicted octanol–water partition coefficient (Wildman–Crippen LogP) is 3.44. The van der Waals surface area contributed by atoms with E-state index in [0.29, 0.717) is 34.3 Å². The Balaban J connectivity index is 2.16. The molecule has 0 aliphatic carbocycles. The van der Waals surface area contributed by atoms with Gasteiger partial charge in [-0.05, 0) is 19.4 Å². The van der Waals surface area contributed by atoms with Gasteiger partial charge in [0, 0.05) is 23.6 Å². The molecule has 26 heavy (non-hydrogen) atoms. The second-order valence-electron chi connectivity index (χ2n) is 7.00. The number of H-pyrrole nitrogens is 1. The Bertz CT molecular complexity index is 802. The van der Waals surface area contributed by atoms with E-state index in [9.17, 15) is 9.59 Å². The molecule has 0 aliphatic heterocycles. The molecular formula is C18H25N3O4S. The summed E-state index contributed by atoms with van der Waals surface area (Å²) in [7, 11) is 1.53. The van der Waals surface area contributed by atoms with Gasteiger partial charge in [-0.15, -0.1) is 11.3 Å². The smallest absolute Gasteiger partial charge is 0.340 e. The molecule has 8 heteroatoms. The molecule has 0 saturated carbocycles. The second kappa shape index (κ2) is 8.01. The first-order chi connectivity index (χ1) is 12.1. The largest absolute Gasteiger partial charge is 0.460 e. The number of hydrogen-bond donors (Lipinski definition) is 2. The van der Waals surface area contributed by atoms with E-state index in [1.807, 2.05) is 5.38 Å². The maximum atomic E-state index is 12.6. The maximum absolute atomic E-state index is 12.6. The number of anilines is 1. The number of rotatable bonds is 6.